The third kappa shape index (κ3) is 2.23. The topological polar surface area (TPSA) is 56.1 Å². The summed E-state index contributed by atoms with van der Waals surface area (Å²) in [5, 5.41) is 12.1. The van der Waals surface area contributed by atoms with E-state index in [0.717, 1.165) is 24.2 Å². The molecule has 0 aromatic heterocycles. The number of hydrogen-bond donors (Lipinski definition) is 1. The number of likely N-dealkylation sites (N-methyl/N-ethyl adjacent to an activating group) is 1. The highest BCUT2D eigenvalue weighted by atomic mass is 16.2. The van der Waals surface area contributed by atoms with Crippen LogP contribution < -0.4 is 5.32 Å². The number of amides is 1. The first-order valence-corrected chi connectivity index (χ1v) is 5.64. The van der Waals surface area contributed by atoms with Crippen molar-refractivity contribution in [2.45, 2.75) is 19.4 Å². The Kier molecular flexibility index (Phi) is 3.01. The number of nitrogens with one attached hydrogen (secondary N) is 1. The second-order valence-electron chi connectivity index (χ2n) is 4.39. The molecule has 1 heterocycles. The van der Waals surface area contributed by atoms with Crippen molar-refractivity contribution in [3.8, 4) is 6.07 Å². The van der Waals surface area contributed by atoms with Crippen LogP contribution in [0, 0.1) is 18.3 Å². The van der Waals surface area contributed by atoms with Crippen LogP contribution in [0.3, 0.4) is 0 Å². The Balaban J connectivity index is 2.13. The second kappa shape index (κ2) is 4.46. The van der Waals surface area contributed by atoms with Crippen LogP contribution in [-0.4, -0.2) is 30.4 Å². The lowest BCUT2D eigenvalue weighted by molar-refractivity contribution is -0.127. The first kappa shape index (κ1) is 11.5. The molecule has 1 aromatic rings. The molecule has 0 saturated carbocycles. The van der Waals surface area contributed by atoms with E-state index < -0.39 is 0 Å². The fourth-order valence-corrected chi connectivity index (χ4v) is 2.04. The van der Waals surface area contributed by atoms with Crippen molar-refractivity contribution in [3.63, 3.8) is 0 Å². The molecule has 1 saturated heterocycles. The van der Waals surface area contributed by atoms with Gasteiger partial charge in [-0.25, -0.2) is 0 Å². The molecule has 1 atom stereocenters. The van der Waals surface area contributed by atoms with E-state index in [0.29, 0.717) is 5.56 Å². The van der Waals surface area contributed by atoms with Gasteiger partial charge in [-0.15, -0.1) is 0 Å². The minimum Gasteiger partial charge on any atom is -0.374 e. The van der Waals surface area contributed by atoms with Gasteiger partial charge < -0.3 is 10.2 Å². The summed E-state index contributed by atoms with van der Waals surface area (Å²) in [5.41, 5.74) is 2.50. The minimum atomic E-state index is -0.132. The van der Waals surface area contributed by atoms with Gasteiger partial charge in [0.1, 0.15) is 6.04 Å². The number of carbonyl (C=O) groups is 1. The predicted octanol–water partition coefficient (Wildman–Crippen LogP) is 1.51. The summed E-state index contributed by atoms with van der Waals surface area (Å²) in [6.45, 7) is 2.69. The fourth-order valence-electron chi connectivity index (χ4n) is 2.04. The molecule has 0 radical (unpaired) electrons. The van der Waals surface area contributed by atoms with E-state index >= 15 is 0 Å². The van der Waals surface area contributed by atoms with Crippen LogP contribution in [0.25, 0.3) is 0 Å². The minimum absolute atomic E-state index is 0.131. The molecule has 2 rings (SSSR count). The summed E-state index contributed by atoms with van der Waals surface area (Å²) in [7, 11) is 1.81. The molecular formula is C13H15N3O. The third-order valence-corrected chi connectivity index (χ3v) is 3.12. The normalized spacial score (nSPS) is 19.2. The number of benzene rings is 1. The number of carbonyl (C=O) groups excluding carboxylic acids is 1. The lowest BCUT2D eigenvalue weighted by atomic mass is 10.1. The Morgan fingerprint density at radius 2 is 2.29 bits per heavy atom. The maximum Gasteiger partial charge on any atom is 0.244 e. The van der Waals surface area contributed by atoms with Gasteiger partial charge >= 0.3 is 0 Å². The zero-order valence-electron chi connectivity index (χ0n) is 10.0. The second-order valence-corrected chi connectivity index (χ2v) is 4.39. The summed E-state index contributed by atoms with van der Waals surface area (Å²) < 4.78 is 0. The Morgan fingerprint density at radius 1 is 1.53 bits per heavy atom. The molecule has 1 unspecified atom stereocenters. The highest BCUT2D eigenvalue weighted by molar-refractivity contribution is 5.86. The molecule has 1 fully saturated rings. The Hall–Kier alpha value is -2.02. The van der Waals surface area contributed by atoms with E-state index in [1.807, 2.05) is 26.1 Å². The average molecular weight is 229 g/mol. The average Bonchev–Trinajstić information content (AvgIpc) is 2.61. The Bertz CT molecular complexity index is 490. The zero-order chi connectivity index (χ0) is 12.4. The van der Waals surface area contributed by atoms with E-state index in [1.165, 1.54) is 0 Å². The number of nitrogens with zero attached hydrogens (tertiary/aromatic N) is 2. The Labute approximate surface area is 101 Å². The summed E-state index contributed by atoms with van der Waals surface area (Å²) >= 11 is 0. The van der Waals surface area contributed by atoms with E-state index in [-0.39, 0.29) is 11.9 Å². The fraction of sp³-hybridized carbons (Fsp3) is 0.385. The van der Waals surface area contributed by atoms with Gasteiger partial charge in [-0.2, -0.15) is 5.26 Å². The maximum absolute atomic E-state index is 11.7. The van der Waals surface area contributed by atoms with Crippen molar-refractivity contribution in [3.05, 3.63) is 29.3 Å². The molecule has 0 spiro atoms. The quantitative estimate of drug-likeness (QED) is 0.836. The largest absolute Gasteiger partial charge is 0.374 e. The third-order valence-electron chi connectivity index (χ3n) is 3.12. The molecular weight excluding hydrogens is 214 g/mol. The Morgan fingerprint density at radius 3 is 2.82 bits per heavy atom. The number of aryl methyl sites for hydroxylation is 1. The van der Waals surface area contributed by atoms with Crippen LogP contribution in [0.1, 0.15) is 17.5 Å². The van der Waals surface area contributed by atoms with Gasteiger partial charge in [-0.3, -0.25) is 4.79 Å². The molecule has 4 nitrogen and oxygen atoms in total. The molecule has 88 valence electrons. The molecule has 0 aliphatic carbocycles. The molecule has 1 N–H and O–H groups in total. The van der Waals surface area contributed by atoms with E-state index in [9.17, 15) is 4.79 Å². The van der Waals surface area contributed by atoms with E-state index in [2.05, 4.69) is 11.4 Å². The molecule has 1 aliphatic heterocycles. The van der Waals surface area contributed by atoms with Crippen molar-refractivity contribution in [1.29, 1.82) is 5.26 Å². The van der Waals surface area contributed by atoms with Gasteiger partial charge in [0.2, 0.25) is 5.91 Å². The van der Waals surface area contributed by atoms with Gasteiger partial charge in [-0.1, -0.05) is 0 Å². The van der Waals surface area contributed by atoms with Crippen LogP contribution in [-0.2, 0) is 4.79 Å². The molecule has 1 aliphatic rings. The smallest absolute Gasteiger partial charge is 0.244 e. The lowest BCUT2D eigenvalue weighted by Crippen LogP contribution is -2.30. The number of hydrogen-bond acceptors (Lipinski definition) is 3. The van der Waals surface area contributed by atoms with Gasteiger partial charge in [-0.05, 0) is 37.1 Å². The molecule has 1 amide bonds. The van der Waals surface area contributed by atoms with Crippen molar-refractivity contribution in [2.24, 2.45) is 0 Å². The standard InChI is InChI=1S/C13H15N3O/c1-9-7-11(4-3-10(9)8-14)15-12-5-6-16(2)13(12)17/h3-4,7,12,15H,5-6H2,1-2H3. The van der Waals surface area contributed by atoms with Crippen LogP contribution >= 0.6 is 0 Å². The summed E-state index contributed by atoms with van der Waals surface area (Å²) in [6.07, 6.45) is 0.828. The highest BCUT2D eigenvalue weighted by Crippen LogP contribution is 2.18. The van der Waals surface area contributed by atoms with Crippen LogP contribution in [0.5, 0.6) is 0 Å². The van der Waals surface area contributed by atoms with Crippen molar-refractivity contribution < 1.29 is 4.79 Å². The van der Waals surface area contributed by atoms with Gasteiger partial charge in [0.25, 0.3) is 0 Å². The van der Waals surface area contributed by atoms with Crippen molar-refractivity contribution >= 4 is 11.6 Å². The molecule has 4 heteroatoms. The van der Waals surface area contributed by atoms with Crippen molar-refractivity contribution in [2.75, 3.05) is 18.9 Å². The van der Waals surface area contributed by atoms with E-state index in [1.54, 1.807) is 11.0 Å². The highest BCUT2D eigenvalue weighted by Gasteiger charge is 2.28. The van der Waals surface area contributed by atoms with Crippen LogP contribution in [0.4, 0.5) is 5.69 Å². The zero-order valence-corrected chi connectivity index (χ0v) is 10.0. The van der Waals surface area contributed by atoms with Crippen LogP contribution in [0.15, 0.2) is 18.2 Å². The predicted molar refractivity (Wildman–Crippen MR) is 65.6 cm³/mol. The van der Waals surface area contributed by atoms with E-state index in [4.69, 9.17) is 5.26 Å². The summed E-state index contributed by atoms with van der Waals surface area (Å²) in [5.74, 6) is 0.131. The summed E-state index contributed by atoms with van der Waals surface area (Å²) in [4.78, 5) is 13.5. The van der Waals surface area contributed by atoms with Crippen molar-refractivity contribution in [1.82, 2.24) is 4.90 Å². The van der Waals surface area contributed by atoms with Gasteiger partial charge in [0.15, 0.2) is 0 Å². The molecule has 1 aromatic carbocycles. The molecule has 17 heavy (non-hydrogen) atoms. The lowest BCUT2D eigenvalue weighted by Gasteiger charge is -2.14. The monoisotopic (exact) mass is 229 g/mol. The summed E-state index contributed by atoms with van der Waals surface area (Å²) in [6, 6.07) is 7.53. The first-order chi connectivity index (χ1) is 8.11. The maximum atomic E-state index is 11.7. The number of rotatable bonds is 2. The van der Waals surface area contributed by atoms with Gasteiger partial charge in [0, 0.05) is 19.3 Å². The van der Waals surface area contributed by atoms with Crippen LogP contribution in [0.2, 0.25) is 0 Å². The number of likely N-dealkylation sites (tertiary alicyclic amines) is 1. The van der Waals surface area contributed by atoms with Gasteiger partial charge in [0.05, 0.1) is 11.6 Å². The number of anilines is 1. The SMILES string of the molecule is Cc1cc(NC2CCN(C)C2=O)ccc1C#N. The molecule has 0 bridgehead atoms. The number of nitriles is 1. The first-order valence-electron chi connectivity index (χ1n) is 5.64.